The zero-order valence-corrected chi connectivity index (χ0v) is 19.9. The van der Waals surface area contributed by atoms with Crippen molar-refractivity contribution in [2.24, 2.45) is 11.8 Å². The van der Waals surface area contributed by atoms with E-state index in [1.807, 2.05) is 72.6 Å². The molecule has 0 unspecified atom stereocenters. The van der Waals surface area contributed by atoms with Crippen molar-refractivity contribution in [1.29, 1.82) is 0 Å². The summed E-state index contributed by atoms with van der Waals surface area (Å²) in [4.78, 5) is 32.1. The number of nitrogens with zero attached hydrogens (tertiary/aromatic N) is 1. The Kier molecular flexibility index (Phi) is 5.18. The summed E-state index contributed by atoms with van der Waals surface area (Å²) in [6, 6.07) is 15.8. The third kappa shape index (κ3) is 3.45. The van der Waals surface area contributed by atoms with Crippen LogP contribution in [0.25, 0.3) is 10.9 Å². The van der Waals surface area contributed by atoms with Crippen LogP contribution in [0.1, 0.15) is 24.1 Å². The molecule has 2 bridgehead atoms. The number of carbonyl (C=O) groups excluding carboxylic acids is 2. The molecule has 3 aliphatic heterocycles. The standard InChI is InChI=1S/C28H29N3O4/c1-17(18-7-9-20(34-2)10-8-18)31-16-28-13-11-23(35-28)24(25(28)27(31)33)26(32)29-14-12-19-15-30-22-6-4-3-5-21(19)22/h3-11,13,15,17,23-25,30H,12,14,16H2,1-2H3,(H,29,32)/t17-,23+,24+,25+,28+/m1/s1. The van der Waals surface area contributed by atoms with Gasteiger partial charge in [-0.15, -0.1) is 0 Å². The summed E-state index contributed by atoms with van der Waals surface area (Å²) in [5.74, 6) is -0.358. The molecule has 2 aromatic carbocycles. The molecule has 0 saturated carbocycles. The second kappa shape index (κ2) is 8.27. The fourth-order valence-electron chi connectivity index (χ4n) is 5.99. The largest absolute Gasteiger partial charge is 0.497 e. The van der Waals surface area contributed by atoms with Crippen molar-refractivity contribution >= 4 is 22.7 Å². The molecule has 6 rings (SSSR count). The van der Waals surface area contributed by atoms with Gasteiger partial charge in [-0.1, -0.05) is 42.5 Å². The van der Waals surface area contributed by atoms with E-state index in [2.05, 4.69) is 16.4 Å². The fraction of sp³-hybridized carbons (Fsp3) is 0.357. The van der Waals surface area contributed by atoms with Gasteiger partial charge in [0.05, 0.1) is 37.6 Å². The van der Waals surface area contributed by atoms with Crippen LogP contribution in [-0.2, 0) is 20.7 Å². The normalized spacial score (nSPS) is 27.4. The number of hydrogen-bond acceptors (Lipinski definition) is 4. The average molecular weight is 472 g/mol. The van der Waals surface area contributed by atoms with Crippen LogP contribution in [0, 0.1) is 11.8 Å². The molecule has 2 saturated heterocycles. The summed E-state index contributed by atoms with van der Waals surface area (Å²) in [6.45, 7) is 2.98. The van der Waals surface area contributed by atoms with Gasteiger partial charge in [0.25, 0.3) is 0 Å². The molecule has 0 aliphatic carbocycles. The smallest absolute Gasteiger partial charge is 0.230 e. The lowest BCUT2D eigenvalue weighted by Gasteiger charge is -2.28. The first-order chi connectivity index (χ1) is 17.0. The monoisotopic (exact) mass is 471 g/mol. The van der Waals surface area contributed by atoms with Crippen LogP contribution in [0.15, 0.2) is 66.9 Å². The number of amides is 2. The highest BCUT2D eigenvalue weighted by Gasteiger charge is 2.67. The van der Waals surface area contributed by atoms with Crippen molar-refractivity contribution in [2.75, 3.05) is 20.2 Å². The molecule has 7 heteroatoms. The van der Waals surface area contributed by atoms with Gasteiger partial charge >= 0.3 is 0 Å². The number of rotatable bonds is 7. The maximum absolute atomic E-state index is 13.6. The van der Waals surface area contributed by atoms with E-state index in [1.54, 1.807) is 7.11 Å². The lowest BCUT2D eigenvalue weighted by Crippen LogP contribution is -2.44. The van der Waals surface area contributed by atoms with Gasteiger partial charge in [-0.25, -0.2) is 0 Å². The van der Waals surface area contributed by atoms with Gasteiger partial charge in [-0.05, 0) is 42.7 Å². The minimum Gasteiger partial charge on any atom is -0.497 e. The Morgan fingerprint density at radius 3 is 2.86 bits per heavy atom. The van der Waals surface area contributed by atoms with Crippen LogP contribution in [0.4, 0.5) is 0 Å². The number of para-hydroxylation sites is 1. The molecular weight excluding hydrogens is 442 g/mol. The highest BCUT2D eigenvalue weighted by molar-refractivity contribution is 5.93. The Morgan fingerprint density at radius 1 is 1.26 bits per heavy atom. The summed E-state index contributed by atoms with van der Waals surface area (Å²) < 4.78 is 11.5. The third-order valence-corrected chi connectivity index (χ3v) is 7.87. The number of benzene rings is 2. The van der Waals surface area contributed by atoms with Crippen LogP contribution in [0.5, 0.6) is 5.75 Å². The van der Waals surface area contributed by atoms with Crippen molar-refractivity contribution in [2.45, 2.75) is 31.1 Å². The Morgan fingerprint density at radius 2 is 2.06 bits per heavy atom. The number of carbonyl (C=O) groups is 2. The minimum absolute atomic E-state index is 0.0167. The molecule has 35 heavy (non-hydrogen) atoms. The van der Waals surface area contributed by atoms with E-state index < -0.39 is 17.4 Å². The van der Waals surface area contributed by atoms with Gasteiger partial charge in [0.1, 0.15) is 11.4 Å². The maximum Gasteiger partial charge on any atom is 0.230 e. The summed E-state index contributed by atoms with van der Waals surface area (Å²) in [7, 11) is 1.63. The van der Waals surface area contributed by atoms with E-state index in [0.717, 1.165) is 22.4 Å². The van der Waals surface area contributed by atoms with E-state index in [1.165, 1.54) is 5.39 Å². The molecule has 0 radical (unpaired) electrons. The third-order valence-electron chi connectivity index (χ3n) is 7.87. The fourth-order valence-corrected chi connectivity index (χ4v) is 5.99. The van der Waals surface area contributed by atoms with E-state index >= 15 is 0 Å². The molecule has 2 amide bonds. The topological polar surface area (TPSA) is 83.7 Å². The van der Waals surface area contributed by atoms with Gasteiger partial charge in [0.2, 0.25) is 11.8 Å². The molecule has 7 nitrogen and oxygen atoms in total. The molecule has 1 spiro atoms. The summed E-state index contributed by atoms with van der Waals surface area (Å²) in [6.07, 6.45) is 6.31. The molecule has 180 valence electrons. The highest BCUT2D eigenvalue weighted by atomic mass is 16.5. The van der Waals surface area contributed by atoms with E-state index in [9.17, 15) is 9.59 Å². The summed E-state index contributed by atoms with van der Waals surface area (Å²) in [5, 5.41) is 4.25. The van der Waals surface area contributed by atoms with Crippen molar-refractivity contribution in [1.82, 2.24) is 15.2 Å². The Bertz CT molecular complexity index is 1310. The second-order valence-electron chi connectivity index (χ2n) is 9.72. The van der Waals surface area contributed by atoms with Gasteiger partial charge in [0.15, 0.2) is 0 Å². The molecule has 1 aromatic heterocycles. The average Bonchev–Trinajstić information content (AvgIpc) is 3.63. The molecule has 2 N–H and O–H groups in total. The number of methoxy groups -OCH3 is 1. The SMILES string of the molecule is COc1ccc([C@@H](C)N2C[C@]34C=C[C@H](O3)[C@H](C(=O)NCCc3c[nH]c5ccccc35)[C@H]4C2=O)cc1. The lowest BCUT2D eigenvalue weighted by molar-refractivity contribution is -0.138. The minimum atomic E-state index is -0.721. The zero-order chi connectivity index (χ0) is 24.2. The van der Waals surface area contributed by atoms with E-state index in [-0.39, 0.29) is 24.0 Å². The van der Waals surface area contributed by atoms with Crippen molar-refractivity contribution in [3.63, 3.8) is 0 Å². The van der Waals surface area contributed by atoms with Gasteiger partial charge in [-0.3, -0.25) is 9.59 Å². The number of fused-ring (bicyclic) bond motifs is 2. The van der Waals surface area contributed by atoms with Crippen LogP contribution in [0.3, 0.4) is 0 Å². The molecule has 2 fully saturated rings. The van der Waals surface area contributed by atoms with Crippen LogP contribution in [0.2, 0.25) is 0 Å². The van der Waals surface area contributed by atoms with E-state index in [4.69, 9.17) is 9.47 Å². The zero-order valence-electron chi connectivity index (χ0n) is 19.9. The molecular formula is C28H29N3O4. The highest BCUT2D eigenvalue weighted by Crippen LogP contribution is 2.53. The predicted molar refractivity (Wildman–Crippen MR) is 132 cm³/mol. The molecule has 3 aliphatic rings. The Balaban J connectivity index is 1.16. The Hall–Kier alpha value is -3.58. The van der Waals surface area contributed by atoms with Crippen molar-refractivity contribution in [3.05, 3.63) is 78.0 Å². The summed E-state index contributed by atoms with van der Waals surface area (Å²) >= 11 is 0. The number of aromatic amines is 1. The first-order valence-electron chi connectivity index (χ1n) is 12.1. The van der Waals surface area contributed by atoms with Gasteiger partial charge in [-0.2, -0.15) is 0 Å². The molecule has 3 aromatic rings. The number of likely N-dealkylation sites (tertiary alicyclic amines) is 1. The molecule has 4 heterocycles. The quantitative estimate of drug-likeness (QED) is 0.518. The van der Waals surface area contributed by atoms with Crippen molar-refractivity contribution in [3.8, 4) is 5.75 Å². The van der Waals surface area contributed by atoms with Crippen LogP contribution < -0.4 is 10.1 Å². The first-order valence-corrected chi connectivity index (χ1v) is 12.1. The van der Waals surface area contributed by atoms with Crippen molar-refractivity contribution < 1.29 is 19.1 Å². The van der Waals surface area contributed by atoms with E-state index in [0.29, 0.717) is 19.5 Å². The van der Waals surface area contributed by atoms with Gasteiger partial charge < -0.3 is 24.7 Å². The molecule has 5 atom stereocenters. The number of aromatic nitrogens is 1. The predicted octanol–water partition coefficient (Wildman–Crippen LogP) is 3.38. The van der Waals surface area contributed by atoms with Crippen LogP contribution >= 0.6 is 0 Å². The summed E-state index contributed by atoms with van der Waals surface area (Å²) in [5.41, 5.74) is 2.55. The Labute approximate surface area is 204 Å². The second-order valence-corrected chi connectivity index (χ2v) is 9.72. The first kappa shape index (κ1) is 21.9. The van der Waals surface area contributed by atoms with Gasteiger partial charge in [0, 0.05) is 23.6 Å². The van der Waals surface area contributed by atoms with Crippen LogP contribution in [-0.4, -0.2) is 53.6 Å². The number of H-pyrrole nitrogens is 1. The number of ether oxygens (including phenoxy) is 2. The maximum atomic E-state index is 13.6. The number of hydrogen-bond donors (Lipinski definition) is 2. The number of nitrogens with one attached hydrogen (secondary N) is 2. The lowest BCUT2D eigenvalue weighted by atomic mass is 9.77.